The molecule has 0 fully saturated rings. The van der Waals surface area contributed by atoms with Crippen molar-refractivity contribution in [3.05, 3.63) is 72.2 Å². The van der Waals surface area contributed by atoms with Crippen molar-refractivity contribution in [2.24, 2.45) is 0 Å². The van der Waals surface area contributed by atoms with Gasteiger partial charge in [-0.3, -0.25) is 14.1 Å². The van der Waals surface area contributed by atoms with E-state index in [2.05, 4.69) is 25.3 Å². The van der Waals surface area contributed by atoms with Crippen LogP contribution in [-0.2, 0) is 10.0 Å². The quantitative estimate of drug-likeness (QED) is 0.246. The zero-order valence-electron chi connectivity index (χ0n) is 21.3. The van der Waals surface area contributed by atoms with Crippen LogP contribution in [-0.4, -0.2) is 58.5 Å². The monoisotopic (exact) mass is 551 g/mol. The molecule has 39 heavy (non-hydrogen) atoms. The fourth-order valence-electron chi connectivity index (χ4n) is 3.69. The van der Waals surface area contributed by atoms with Crippen molar-refractivity contribution < 1.29 is 22.7 Å². The van der Waals surface area contributed by atoms with E-state index in [-0.39, 0.29) is 5.56 Å². The predicted octanol–water partition coefficient (Wildman–Crippen LogP) is 3.25. The third kappa shape index (κ3) is 6.67. The van der Waals surface area contributed by atoms with Crippen LogP contribution in [0.1, 0.15) is 29.8 Å². The normalized spacial score (nSPS) is 12.5. The maximum atomic E-state index is 14.3. The lowest BCUT2D eigenvalue weighted by molar-refractivity contribution is -0.00177. The third-order valence-electron chi connectivity index (χ3n) is 5.69. The Balaban J connectivity index is 1.73. The number of rotatable bonds is 9. The highest BCUT2D eigenvalue weighted by atomic mass is 32.2. The standard InChI is InChI=1S/C26H26FN7O4S/c1-26(2,36)22(27)15-31-25(35)20-14-29-23(34-8-7-17-9-16(12-28)13-30-24(17)34)11-21(20)32-18-5-4-6-19(10-18)33-39(3,37)38/h4-11,13-14,22,33,36H,15H2,1-3H3,(H,29,32)(H,31,35). The highest BCUT2D eigenvalue weighted by molar-refractivity contribution is 7.92. The Morgan fingerprint density at radius 3 is 2.62 bits per heavy atom. The SMILES string of the molecule is CC(C)(O)C(F)CNC(=O)c1cnc(-n2ccc3cc(C#N)cnc32)cc1Nc1cccc(NS(C)(=O)=O)c1. The number of aromatic nitrogens is 3. The van der Waals surface area contributed by atoms with Crippen LogP contribution >= 0.6 is 0 Å². The number of benzene rings is 1. The average molecular weight is 552 g/mol. The number of aliphatic hydroxyl groups is 1. The summed E-state index contributed by atoms with van der Waals surface area (Å²) in [6.45, 7) is 2.18. The molecule has 0 bridgehead atoms. The number of amides is 1. The van der Waals surface area contributed by atoms with Crippen LogP contribution in [0, 0.1) is 11.3 Å². The number of hydrogen-bond donors (Lipinski definition) is 4. The molecule has 0 aliphatic rings. The lowest BCUT2D eigenvalue weighted by Crippen LogP contribution is -2.42. The molecule has 0 saturated carbocycles. The van der Waals surface area contributed by atoms with Crippen molar-refractivity contribution in [3.63, 3.8) is 0 Å². The van der Waals surface area contributed by atoms with Crippen molar-refractivity contribution in [2.45, 2.75) is 25.6 Å². The van der Waals surface area contributed by atoms with Gasteiger partial charge >= 0.3 is 0 Å². The number of alkyl halides is 1. The van der Waals surface area contributed by atoms with E-state index in [0.29, 0.717) is 39.5 Å². The Bertz CT molecular complexity index is 1690. The topological polar surface area (TPSA) is 162 Å². The smallest absolute Gasteiger partial charge is 0.255 e. The number of nitrogens with zero attached hydrogens (tertiary/aromatic N) is 4. The van der Waals surface area contributed by atoms with Gasteiger partial charge in [0, 0.05) is 35.7 Å². The summed E-state index contributed by atoms with van der Waals surface area (Å²) in [6, 6.07) is 13.5. The van der Waals surface area contributed by atoms with Crippen molar-refractivity contribution in [1.82, 2.24) is 19.9 Å². The van der Waals surface area contributed by atoms with E-state index in [4.69, 9.17) is 5.26 Å². The van der Waals surface area contributed by atoms with E-state index in [1.807, 2.05) is 6.07 Å². The first kappa shape index (κ1) is 27.5. The second kappa shape index (κ2) is 10.7. The summed E-state index contributed by atoms with van der Waals surface area (Å²) in [5, 5.41) is 25.3. The number of fused-ring (bicyclic) bond motifs is 1. The Morgan fingerprint density at radius 1 is 1.18 bits per heavy atom. The molecule has 0 aliphatic carbocycles. The summed E-state index contributed by atoms with van der Waals surface area (Å²) in [6.07, 6.45) is 3.80. The molecular formula is C26H26FN7O4S. The molecule has 1 amide bonds. The minimum Gasteiger partial charge on any atom is -0.387 e. The van der Waals surface area contributed by atoms with Gasteiger partial charge < -0.3 is 15.7 Å². The van der Waals surface area contributed by atoms with Crippen LogP contribution in [0.15, 0.2) is 61.1 Å². The molecule has 4 aromatic rings. The maximum absolute atomic E-state index is 14.3. The van der Waals surface area contributed by atoms with E-state index in [1.54, 1.807) is 53.2 Å². The molecule has 4 N–H and O–H groups in total. The van der Waals surface area contributed by atoms with Crippen LogP contribution in [0.4, 0.5) is 21.5 Å². The van der Waals surface area contributed by atoms with Crippen molar-refractivity contribution in [1.29, 1.82) is 5.26 Å². The van der Waals surface area contributed by atoms with Crippen molar-refractivity contribution >= 4 is 44.0 Å². The molecule has 0 aliphatic heterocycles. The molecule has 0 spiro atoms. The fourth-order valence-corrected chi connectivity index (χ4v) is 4.24. The first-order chi connectivity index (χ1) is 18.3. The minimum atomic E-state index is -3.52. The fraction of sp³-hybridized carbons (Fsp3) is 0.231. The minimum absolute atomic E-state index is 0.0827. The average Bonchev–Trinajstić information content (AvgIpc) is 3.29. The molecule has 202 valence electrons. The van der Waals surface area contributed by atoms with Gasteiger partial charge in [0.05, 0.1) is 40.9 Å². The molecule has 0 saturated heterocycles. The van der Waals surface area contributed by atoms with E-state index in [9.17, 15) is 22.7 Å². The van der Waals surface area contributed by atoms with E-state index < -0.39 is 34.2 Å². The number of halogens is 1. The lowest BCUT2D eigenvalue weighted by atomic mass is 10.0. The van der Waals surface area contributed by atoms with Crippen LogP contribution in [0.3, 0.4) is 0 Å². The van der Waals surface area contributed by atoms with Gasteiger partial charge in [-0.25, -0.2) is 22.8 Å². The highest BCUT2D eigenvalue weighted by Gasteiger charge is 2.27. The van der Waals surface area contributed by atoms with Gasteiger partial charge in [-0.1, -0.05) is 6.07 Å². The van der Waals surface area contributed by atoms with Crippen LogP contribution in [0.25, 0.3) is 16.9 Å². The number of anilines is 3. The highest BCUT2D eigenvalue weighted by Crippen LogP contribution is 2.27. The molecule has 0 radical (unpaired) electrons. The van der Waals surface area contributed by atoms with E-state index in [0.717, 1.165) is 6.26 Å². The molecule has 13 heteroatoms. The van der Waals surface area contributed by atoms with Gasteiger partial charge in [0.2, 0.25) is 10.0 Å². The zero-order valence-corrected chi connectivity index (χ0v) is 22.1. The summed E-state index contributed by atoms with van der Waals surface area (Å²) in [5.74, 6) is -0.241. The van der Waals surface area contributed by atoms with E-state index >= 15 is 0 Å². The third-order valence-corrected chi connectivity index (χ3v) is 6.30. The number of carbonyl (C=O) groups excluding carboxylic acids is 1. The van der Waals surface area contributed by atoms with E-state index in [1.165, 1.54) is 26.2 Å². The molecule has 1 aromatic carbocycles. The van der Waals surface area contributed by atoms with Gasteiger partial charge in [0.15, 0.2) is 0 Å². The number of hydrogen-bond acceptors (Lipinski definition) is 8. The number of nitrogens with one attached hydrogen (secondary N) is 3. The Hall–Kier alpha value is -4.54. The van der Waals surface area contributed by atoms with Crippen molar-refractivity contribution in [2.75, 3.05) is 22.8 Å². The molecule has 11 nitrogen and oxygen atoms in total. The summed E-state index contributed by atoms with van der Waals surface area (Å²) < 4.78 is 41.7. The first-order valence-electron chi connectivity index (χ1n) is 11.7. The number of nitriles is 1. The second-order valence-corrected chi connectivity index (χ2v) is 11.2. The summed E-state index contributed by atoms with van der Waals surface area (Å²) in [4.78, 5) is 21.8. The Labute approximate surface area is 224 Å². The molecule has 3 aromatic heterocycles. The van der Waals surface area contributed by atoms with Crippen molar-refractivity contribution in [3.8, 4) is 11.9 Å². The van der Waals surface area contributed by atoms with Gasteiger partial charge in [-0.15, -0.1) is 0 Å². The molecule has 3 heterocycles. The molecular weight excluding hydrogens is 525 g/mol. The second-order valence-electron chi connectivity index (χ2n) is 9.43. The van der Waals surface area contributed by atoms with Gasteiger partial charge in [-0.2, -0.15) is 5.26 Å². The number of carbonyl (C=O) groups is 1. The predicted molar refractivity (Wildman–Crippen MR) is 145 cm³/mol. The van der Waals surface area contributed by atoms with Gasteiger partial charge in [-0.05, 0) is 44.2 Å². The summed E-state index contributed by atoms with van der Waals surface area (Å²) >= 11 is 0. The molecule has 1 unspecified atom stereocenters. The Morgan fingerprint density at radius 2 is 1.92 bits per heavy atom. The molecule has 1 atom stereocenters. The van der Waals surface area contributed by atoms with Crippen LogP contribution in [0.5, 0.6) is 0 Å². The van der Waals surface area contributed by atoms with Crippen LogP contribution < -0.4 is 15.4 Å². The number of sulfonamides is 1. The van der Waals surface area contributed by atoms with Crippen LogP contribution in [0.2, 0.25) is 0 Å². The largest absolute Gasteiger partial charge is 0.387 e. The Kier molecular flexibility index (Phi) is 7.53. The zero-order chi connectivity index (χ0) is 28.4. The van der Waals surface area contributed by atoms with Gasteiger partial charge in [0.25, 0.3) is 5.91 Å². The first-order valence-corrected chi connectivity index (χ1v) is 13.6. The lowest BCUT2D eigenvalue weighted by Gasteiger charge is -2.22. The molecule has 4 rings (SSSR count). The summed E-state index contributed by atoms with van der Waals surface area (Å²) in [7, 11) is -3.52. The summed E-state index contributed by atoms with van der Waals surface area (Å²) in [5.41, 5.74) is 0.447. The maximum Gasteiger partial charge on any atom is 0.255 e. The van der Waals surface area contributed by atoms with Gasteiger partial charge in [0.1, 0.15) is 23.7 Å². The number of pyridine rings is 2.